The van der Waals surface area contributed by atoms with Crippen LogP contribution >= 0.6 is 11.6 Å². The third kappa shape index (κ3) is 4.55. The summed E-state index contributed by atoms with van der Waals surface area (Å²) in [6, 6.07) is 3.79. The van der Waals surface area contributed by atoms with Crippen molar-refractivity contribution in [3.63, 3.8) is 0 Å². The molecule has 2 N–H and O–H groups in total. The highest BCUT2D eigenvalue weighted by molar-refractivity contribution is 6.32. The van der Waals surface area contributed by atoms with E-state index in [0.717, 1.165) is 6.07 Å². The average molecular weight is 286 g/mol. The first kappa shape index (κ1) is 14.9. The third-order valence-corrected chi connectivity index (χ3v) is 2.51. The van der Waals surface area contributed by atoms with Crippen LogP contribution in [0.25, 0.3) is 0 Å². The zero-order valence-corrected chi connectivity index (χ0v) is 10.9. The minimum atomic E-state index is -0.656. The number of carbonyl (C=O) groups excluding carboxylic acids is 2. The second kappa shape index (κ2) is 6.69. The second-order valence-electron chi connectivity index (χ2n) is 3.66. The summed E-state index contributed by atoms with van der Waals surface area (Å²) >= 11 is 5.64. The molecule has 0 aromatic heterocycles. The molecule has 0 bridgehead atoms. The molecule has 2 amide bonds. The first-order chi connectivity index (χ1) is 8.91. The molecular formula is C11H12ClN3O4. The topological polar surface area (TPSA) is 101 Å². The predicted molar refractivity (Wildman–Crippen MR) is 69.1 cm³/mol. The fourth-order valence-electron chi connectivity index (χ4n) is 1.31. The normalized spacial score (nSPS) is 9.79. The van der Waals surface area contributed by atoms with Crippen LogP contribution in [-0.4, -0.2) is 29.8 Å². The van der Waals surface area contributed by atoms with Crippen molar-refractivity contribution >= 4 is 29.1 Å². The number of halogens is 1. The summed E-state index contributed by atoms with van der Waals surface area (Å²) in [5.74, 6) is -0.665. The average Bonchev–Trinajstić information content (AvgIpc) is 2.34. The van der Waals surface area contributed by atoms with Gasteiger partial charge in [-0.25, -0.2) is 0 Å². The highest BCUT2D eigenvalue weighted by Crippen LogP contribution is 2.24. The highest BCUT2D eigenvalue weighted by atomic mass is 35.5. The smallest absolute Gasteiger partial charge is 0.288 e. The molecule has 0 aliphatic rings. The van der Waals surface area contributed by atoms with Gasteiger partial charge >= 0.3 is 0 Å². The van der Waals surface area contributed by atoms with Gasteiger partial charge in [0.05, 0.1) is 4.92 Å². The van der Waals surface area contributed by atoms with Gasteiger partial charge in [-0.3, -0.25) is 19.7 Å². The molecule has 0 spiro atoms. The van der Waals surface area contributed by atoms with Crippen LogP contribution in [0.2, 0.25) is 5.02 Å². The number of benzene rings is 1. The maximum atomic E-state index is 11.7. The molecule has 0 aliphatic heterocycles. The molecule has 0 radical (unpaired) electrons. The van der Waals surface area contributed by atoms with Gasteiger partial charge in [-0.15, -0.1) is 0 Å². The minimum Gasteiger partial charge on any atom is -0.355 e. The first-order valence-electron chi connectivity index (χ1n) is 5.38. The van der Waals surface area contributed by atoms with E-state index >= 15 is 0 Å². The molecule has 0 heterocycles. The van der Waals surface area contributed by atoms with E-state index in [9.17, 15) is 19.7 Å². The van der Waals surface area contributed by atoms with Crippen molar-refractivity contribution in [3.8, 4) is 0 Å². The van der Waals surface area contributed by atoms with Crippen molar-refractivity contribution in [2.75, 3.05) is 13.1 Å². The summed E-state index contributed by atoms with van der Waals surface area (Å²) in [7, 11) is 0. The van der Waals surface area contributed by atoms with Gasteiger partial charge in [0.1, 0.15) is 5.02 Å². The molecule has 0 unspecified atom stereocenters. The fourth-order valence-corrected chi connectivity index (χ4v) is 1.50. The molecule has 1 aromatic carbocycles. The summed E-state index contributed by atoms with van der Waals surface area (Å²) < 4.78 is 0. The maximum Gasteiger partial charge on any atom is 0.288 e. The van der Waals surface area contributed by atoms with E-state index in [4.69, 9.17) is 11.6 Å². The van der Waals surface area contributed by atoms with Gasteiger partial charge in [-0.05, 0) is 12.1 Å². The lowest BCUT2D eigenvalue weighted by Crippen LogP contribution is -2.33. The number of carbonyl (C=O) groups is 2. The van der Waals surface area contributed by atoms with Gasteiger partial charge in [0, 0.05) is 31.6 Å². The van der Waals surface area contributed by atoms with Crippen LogP contribution in [-0.2, 0) is 4.79 Å². The Labute approximate surface area is 114 Å². The standard InChI is InChI=1S/C11H12ClN3O4/c1-7(16)13-4-5-14-11(17)8-2-3-9(12)10(6-8)15(18)19/h2-3,6H,4-5H2,1H3,(H,13,16)(H,14,17). The number of hydrogen-bond donors (Lipinski definition) is 2. The number of nitro groups is 1. The SMILES string of the molecule is CC(=O)NCCNC(=O)c1ccc(Cl)c([N+](=O)[O-])c1. The van der Waals surface area contributed by atoms with Gasteiger partial charge in [0.2, 0.25) is 5.91 Å². The van der Waals surface area contributed by atoms with Gasteiger partial charge in [-0.1, -0.05) is 11.6 Å². The molecule has 8 heteroatoms. The molecule has 0 atom stereocenters. The Bertz CT molecular complexity index is 519. The van der Waals surface area contributed by atoms with Crippen LogP contribution in [0.5, 0.6) is 0 Å². The van der Waals surface area contributed by atoms with Gasteiger partial charge in [0.15, 0.2) is 0 Å². The highest BCUT2D eigenvalue weighted by Gasteiger charge is 2.15. The summed E-state index contributed by atoms with van der Waals surface area (Å²) in [5.41, 5.74) is -0.185. The van der Waals surface area contributed by atoms with E-state index < -0.39 is 10.8 Å². The Morgan fingerprint density at radius 1 is 1.32 bits per heavy atom. The largest absolute Gasteiger partial charge is 0.355 e. The number of nitrogens with one attached hydrogen (secondary N) is 2. The van der Waals surface area contributed by atoms with Crippen LogP contribution in [0, 0.1) is 10.1 Å². The predicted octanol–water partition coefficient (Wildman–Crippen LogP) is 1.11. The van der Waals surface area contributed by atoms with Crippen molar-refractivity contribution in [1.29, 1.82) is 0 Å². The molecule has 1 rings (SSSR count). The van der Waals surface area contributed by atoms with Gasteiger partial charge < -0.3 is 10.6 Å². The lowest BCUT2D eigenvalue weighted by molar-refractivity contribution is -0.384. The van der Waals surface area contributed by atoms with Crippen molar-refractivity contribution in [2.24, 2.45) is 0 Å². The van der Waals surface area contributed by atoms with Crippen LogP contribution < -0.4 is 10.6 Å². The molecular weight excluding hydrogens is 274 g/mol. The zero-order valence-electron chi connectivity index (χ0n) is 10.1. The van der Waals surface area contributed by atoms with Crippen LogP contribution in [0.1, 0.15) is 17.3 Å². The lowest BCUT2D eigenvalue weighted by Gasteiger charge is -2.06. The van der Waals surface area contributed by atoms with E-state index in [1.54, 1.807) is 0 Å². The molecule has 19 heavy (non-hydrogen) atoms. The molecule has 0 saturated heterocycles. The second-order valence-corrected chi connectivity index (χ2v) is 4.07. The molecule has 1 aromatic rings. The van der Waals surface area contributed by atoms with E-state index in [0.29, 0.717) is 0 Å². The Morgan fingerprint density at radius 3 is 2.53 bits per heavy atom. The molecule has 0 aliphatic carbocycles. The van der Waals surface area contributed by atoms with Crippen molar-refractivity contribution < 1.29 is 14.5 Å². The summed E-state index contributed by atoms with van der Waals surface area (Å²) in [4.78, 5) is 32.3. The quantitative estimate of drug-likeness (QED) is 0.481. The van der Waals surface area contributed by atoms with E-state index in [1.165, 1.54) is 19.1 Å². The number of nitro benzene ring substituents is 1. The Hall–Kier alpha value is -2.15. The Kier molecular flexibility index (Phi) is 5.25. The van der Waals surface area contributed by atoms with E-state index in [1.807, 2.05) is 0 Å². The summed E-state index contributed by atoms with van der Waals surface area (Å²) in [5, 5.41) is 15.7. The number of rotatable bonds is 5. The minimum absolute atomic E-state index is 0.0280. The Morgan fingerprint density at radius 2 is 1.95 bits per heavy atom. The Balaban J connectivity index is 2.65. The number of nitrogens with zero attached hydrogens (tertiary/aromatic N) is 1. The monoisotopic (exact) mass is 285 g/mol. The lowest BCUT2D eigenvalue weighted by atomic mass is 10.2. The fraction of sp³-hybridized carbons (Fsp3) is 0.273. The molecule has 0 fully saturated rings. The molecule has 102 valence electrons. The van der Waals surface area contributed by atoms with E-state index in [-0.39, 0.29) is 35.3 Å². The van der Waals surface area contributed by atoms with Crippen molar-refractivity contribution in [1.82, 2.24) is 10.6 Å². The van der Waals surface area contributed by atoms with E-state index in [2.05, 4.69) is 10.6 Å². The third-order valence-electron chi connectivity index (χ3n) is 2.19. The number of amides is 2. The zero-order chi connectivity index (χ0) is 14.4. The first-order valence-corrected chi connectivity index (χ1v) is 5.76. The summed E-state index contributed by atoms with van der Waals surface area (Å²) in [6.45, 7) is 1.88. The summed E-state index contributed by atoms with van der Waals surface area (Å²) in [6.07, 6.45) is 0. The van der Waals surface area contributed by atoms with Crippen molar-refractivity contribution in [2.45, 2.75) is 6.92 Å². The van der Waals surface area contributed by atoms with Crippen molar-refractivity contribution in [3.05, 3.63) is 38.9 Å². The van der Waals surface area contributed by atoms with Crippen LogP contribution in [0.3, 0.4) is 0 Å². The maximum absolute atomic E-state index is 11.7. The molecule has 0 saturated carbocycles. The van der Waals surface area contributed by atoms with Crippen LogP contribution in [0.15, 0.2) is 18.2 Å². The van der Waals surface area contributed by atoms with Gasteiger partial charge in [-0.2, -0.15) is 0 Å². The van der Waals surface area contributed by atoms with Crippen LogP contribution in [0.4, 0.5) is 5.69 Å². The number of hydrogen-bond acceptors (Lipinski definition) is 4. The molecule has 7 nitrogen and oxygen atoms in total. The van der Waals surface area contributed by atoms with Gasteiger partial charge in [0.25, 0.3) is 11.6 Å².